The summed E-state index contributed by atoms with van der Waals surface area (Å²) in [6, 6.07) is 22.8. The van der Waals surface area contributed by atoms with Gasteiger partial charge in [0.25, 0.3) is 0 Å². The van der Waals surface area contributed by atoms with Crippen molar-refractivity contribution in [2.45, 2.75) is 53.5 Å². The topological polar surface area (TPSA) is 62.7 Å². The van der Waals surface area contributed by atoms with E-state index in [4.69, 9.17) is 9.72 Å². The number of methoxy groups -OCH3 is 1. The standard InChI is InChI=1S/C33H38N2O3/c1-23-19-27(13-15-30(23)38-5)26-11-8-25(9-12-26)22-35(31(37)21-33(2,3)4)32-29-14-10-24(7-6-18-36)20-28(29)16-17-34-32/h8-17,19-20,36H,6-7,18,21-22H2,1-5H3. The van der Waals surface area contributed by atoms with Gasteiger partial charge in [-0.1, -0.05) is 69.3 Å². The molecule has 0 fully saturated rings. The molecule has 0 aliphatic rings. The molecule has 198 valence electrons. The van der Waals surface area contributed by atoms with Crippen molar-refractivity contribution in [2.75, 3.05) is 18.6 Å². The van der Waals surface area contributed by atoms with E-state index >= 15 is 0 Å². The van der Waals surface area contributed by atoms with E-state index in [0.29, 0.717) is 18.8 Å². The normalized spacial score (nSPS) is 11.5. The molecule has 0 aliphatic carbocycles. The van der Waals surface area contributed by atoms with Gasteiger partial charge in [0, 0.05) is 24.6 Å². The number of ether oxygens (including phenoxy) is 1. The van der Waals surface area contributed by atoms with Gasteiger partial charge in [0.2, 0.25) is 5.91 Å². The molecule has 0 aliphatic heterocycles. The van der Waals surface area contributed by atoms with Crippen LogP contribution in [0.5, 0.6) is 5.75 Å². The van der Waals surface area contributed by atoms with Gasteiger partial charge in [-0.3, -0.25) is 9.69 Å². The maximum Gasteiger partial charge on any atom is 0.229 e. The monoisotopic (exact) mass is 510 g/mol. The summed E-state index contributed by atoms with van der Waals surface area (Å²) in [7, 11) is 1.69. The van der Waals surface area contributed by atoms with Crippen LogP contribution in [0, 0.1) is 12.3 Å². The van der Waals surface area contributed by atoms with Gasteiger partial charge in [0.15, 0.2) is 0 Å². The Balaban J connectivity index is 1.67. The van der Waals surface area contributed by atoms with Crippen LogP contribution < -0.4 is 9.64 Å². The fourth-order valence-electron chi connectivity index (χ4n) is 4.74. The fourth-order valence-corrected chi connectivity index (χ4v) is 4.74. The molecule has 1 aromatic heterocycles. The number of rotatable bonds is 9. The zero-order chi connectivity index (χ0) is 27.3. The number of pyridine rings is 1. The number of carbonyl (C=O) groups is 1. The second kappa shape index (κ2) is 11.8. The highest BCUT2D eigenvalue weighted by atomic mass is 16.5. The molecular weight excluding hydrogens is 472 g/mol. The van der Waals surface area contributed by atoms with Crippen molar-refractivity contribution in [3.8, 4) is 16.9 Å². The van der Waals surface area contributed by atoms with Crippen molar-refractivity contribution in [1.29, 1.82) is 0 Å². The molecular formula is C33H38N2O3. The van der Waals surface area contributed by atoms with Gasteiger partial charge in [0.1, 0.15) is 11.6 Å². The van der Waals surface area contributed by atoms with Crippen LogP contribution in [-0.4, -0.2) is 29.7 Å². The summed E-state index contributed by atoms with van der Waals surface area (Å²) in [6.07, 6.45) is 3.74. The second-order valence-electron chi connectivity index (χ2n) is 11.1. The summed E-state index contributed by atoms with van der Waals surface area (Å²) in [5.74, 6) is 1.61. The average molecular weight is 511 g/mol. The van der Waals surface area contributed by atoms with Crippen molar-refractivity contribution in [2.24, 2.45) is 5.41 Å². The molecule has 1 heterocycles. The summed E-state index contributed by atoms with van der Waals surface area (Å²) in [5, 5.41) is 11.2. The van der Waals surface area contributed by atoms with Crippen LogP contribution in [0.4, 0.5) is 5.82 Å². The summed E-state index contributed by atoms with van der Waals surface area (Å²) < 4.78 is 5.40. The molecule has 1 N–H and O–H groups in total. The molecule has 0 saturated carbocycles. The lowest BCUT2D eigenvalue weighted by Gasteiger charge is -2.27. The summed E-state index contributed by atoms with van der Waals surface area (Å²) in [6.45, 7) is 8.90. The average Bonchev–Trinajstić information content (AvgIpc) is 2.89. The van der Waals surface area contributed by atoms with Crippen molar-refractivity contribution in [3.63, 3.8) is 0 Å². The molecule has 1 amide bonds. The van der Waals surface area contributed by atoms with E-state index in [-0.39, 0.29) is 17.9 Å². The second-order valence-corrected chi connectivity index (χ2v) is 11.1. The number of anilines is 1. The van der Waals surface area contributed by atoms with E-state index < -0.39 is 0 Å². The zero-order valence-corrected chi connectivity index (χ0v) is 23.1. The molecule has 38 heavy (non-hydrogen) atoms. The van der Waals surface area contributed by atoms with E-state index in [1.54, 1.807) is 13.3 Å². The maximum atomic E-state index is 13.6. The first-order valence-corrected chi connectivity index (χ1v) is 13.2. The zero-order valence-electron chi connectivity index (χ0n) is 23.1. The molecule has 5 heteroatoms. The van der Waals surface area contributed by atoms with E-state index in [2.05, 4.69) is 75.4 Å². The van der Waals surface area contributed by atoms with Crippen molar-refractivity contribution in [3.05, 3.63) is 89.6 Å². The highest BCUT2D eigenvalue weighted by molar-refractivity contribution is 6.02. The molecule has 5 nitrogen and oxygen atoms in total. The summed E-state index contributed by atoms with van der Waals surface area (Å²) in [5.41, 5.74) is 5.40. The van der Waals surface area contributed by atoms with Crippen LogP contribution in [0.15, 0.2) is 72.9 Å². The number of aliphatic hydroxyl groups is 1. The Morgan fingerprint density at radius 2 is 1.66 bits per heavy atom. The Bertz CT molecular complexity index is 1400. The van der Waals surface area contributed by atoms with Crippen molar-refractivity contribution >= 4 is 22.5 Å². The van der Waals surface area contributed by atoms with Crippen LogP contribution in [0.3, 0.4) is 0 Å². The number of aliphatic hydroxyl groups excluding tert-OH is 1. The first-order chi connectivity index (χ1) is 18.2. The van der Waals surface area contributed by atoms with Gasteiger partial charge < -0.3 is 9.84 Å². The first kappa shape index (κ1) is 27.3. The van der Waals surface area contributed by atoms with Gasteiger partial charge in [0.05, 0.1) is 13.7 Å². The summed E-state index contributed by atoms with van der Waals surface area (Å²) >= 11 is 0. The molecule has 0 atom stereocenters. The predicted octanol–water partition coefficient (Wildman–Crippen LogP) is 7.11. The number of nitrogens with zero attached hydrogens (tertiary/aromatic N) is 2. The van der Waals surface area contributed by atoms with Crippen LogP contribution in [0.2, 0.25) is 0 Å². The van der Waals surface area contributed by atoms with Crippen LogP contribution >= 0.6 is 0 Å². The van der Waals surface area contributed by atoms with Crippen molar-refractivity contribution in [1.82, 2.24) is 4.98 Å². The lowest BCUT2D eigenvalue weighted by molar-refractivity contribution is -0.120. The van der Waals surface area contributed by atoms with Gasteiger partial charge >= 0.3 is 0 Å². The minimum Gasteiger partial charge on any atom is -0.496 e. The Labute approximate surface area is 226 Å². The number of fused-ring (bicyclic) bond motifs is 1. The molecule has 0 spiro atoms. The summed E-state index contributed by atoms with van der Waals surface area (Å²) in [4.78, 5) is 20.2. The molecule has 3 aromatic carbocycles. The number of amides is 1. The Morgan fingerprint density at radius 1 is 0.947 bits per heavy atom. The van der Waals surface area contributed by atoms with Crippen LogP contribution in [0.1, 0.15) is 50.3 Å². The predicted molar refractivity (Wildman–Crippen MR) is 156 cm³/mol. The molecule has 0 radical (unpaired) electrons. The lowest BCUT2D eigenvalue weighted by atomic mass is 9.91. The first-order valence-electron chi connectivity index (χ1n) is 13.2. The number of aryl methyl sites for hydroxylation is 2. The SMILES string of the molecule is COc1ccc(-c2ccc(CN(C(=O)CC(C)(C)C)c3nccc4cc(CCCO)ccc34)cc2)cc1C. The Hall–Kier alpha value is -3.70. The largest absolute Gasteiger partial charge is 0.496 e. The third kappa shape index (κ3) is 6.59. The third-order valence-corrected chi connectivity index (χ3v) is 6.69. The van der Waals surface area contributed by atoms with Gasteiger partial charge in [-0.15, -0.1) is 0 Å². The fraction of sp³-hybridized carbons (Fsp3) is 0.333. The molecule has 0 unspecified atom stereocenters. The van der Waals surface area contributed by atoms with Crippen LogP contribution in [-0.2, 0) is 17.8 Å². The highest BCUT2D eigenvalue weighted by Crippen LogP contribution is 2.31. The van der Waals surface area contributed by atoms with Gasteiger partial charge in [-0.25, -0.2) is 4.98 Å². The van der Waals surface area contributed by atoms with E-state index in [1.807, 2.05) is 24.0 Å². The molecule has 0 bridgehead atoms. The molecule has 4 aromatic rings. The van der Waals surface area contributed by atoms with Gasteiger partial charge in [-0.2, -0.15) is 0 Å². The van der Waals surface area contributed by atoms with E-state index in [0.717, 1.165) is 51.6 Å². The number of aromatic nitrogens is 1. The minimum absolute atomic E-state index is 0.0525. The lowest BCUT2D eigenvalue weighted by Crippen LogP contribution is -2.34. The smallest absolute Gasteiger partial charge is 0.229 e. The number of hydrogen-bond acceptors (Lipinski definition) is 4. The number of carbonyl (C=O) groups excluding carboxylic acids is 1. The molecule has 4 rings (SSSR count). The quantitative estimate of drug-likeness (QED) is 0.261. The minimum atomic E-state index is -0.145. The maximum absolute atomic E-state index is 13.6. The third-order valence-electron chi connectivity index (χ3n) is 6.69. The van der Waals surface area contributed by atoms with Crippen LogP contribution in [0.25, 0.3) is 21.9 Å². The highest BCUT2D eigenvalue weighted by Gasteiger charge is 2.25. The number of benzene rings is 3. The van der Waals surface area contributed by atoms with Crippen molar-refractivity contribution < 1.29 is 14.6 Å². The Kier molecular flexibility index (Phi) is 8.48. The Morgan fingerprint density at radius 3 is 2.32 bits per heavy atom. The van der Waals surface area contributed by atoms with Gasteiger partial charge in [-0.05, 0) is 76.6 Å². The van der Waals surface area contributed by atoms with E-state index in [1.165, 1.54) is 5.56 Å². The van der Waals surface area contributed by atoms with E-state index in [9.17, 15) is 9.90 Å². The molecule has 0 saturated heterocycles. The number of hydrogen-bond donors (Lipinski definition) is 1.